The van der Waals surface area contributed by atoms with Crippen LogP contribution in [0.15, 0.2) is 60.2 Å². The Hall–Kier alpha value is -6.02. The molecule has 348 valence electrons. The molecule has 0 radical (unpaired) electrons. The summed E-state index contributed by atoms with van der Waals surface area (Å²) < 4.78 is 0. The van der Waals surface area contributed by atoms with Crippen LogP contribution in [-0.2, 0) is 25.7 Å². The number of hydrogen-bond acceptors (Lipinski definition) is 14. The van der Waals surface area contributed by atoms with Gasteiger partial charge in [0.25, 0.3) is 5.91 Å². The van der Waals surface area contributed by atoms with Gasteiger partial charge in [0.2, 0.25) is 23.6 Å². The molecule has 3 unspecified atom stereocenters. The summed E-state index contributed by atoms with van der Waals surface area (Å²) in [4.78, 5) is 91.7. The molecular weight excluding hydrogens is 902 g/mol. The van der Waals surface area contributed by atoms with Gasteiger partial charge >= 0.3 is 0 Å². The van der Waals surface area contributed by atoms with Crippen LogP contribution in [0.5, 0.6) is 0 Å². The molecule has 2 fully saturated rings. The van der Waals surface area contributed by atoms with Crippen molar-refractivity contribution >= 4 is 86.3 Å². The van der Waals surface area contributed by atoms with E-state index < -0.39 is 41.3 Å². The first-order chi connectivity index (χ1) is 31.4. The number of carbonyl (C=O) groups excluding carboxylic acids is 5. The summed E-state index contributed by atoms with van der Waals surface area (Å²) in [7, 11) is 0. The van der Waals surface area contributed by atoms with Crippen LogP contribution in [0.3, 0.4) is 0 Å². The Labute approximate surface area is 396 Å². The first-order valence-electron chi connectivity index (χ1n) is 21.7. The van der Waals surface area contributed by atoms with Crippen molar-refractivity contribution in [2.24, 2.45) is 5.41 Å². The third kappa shape index (κ3) is 11.7. The molecule has 3 atom stereocenters. The Morgan fingerprint density at radius 1 is 0.955 bits per heavy atom. The number of likely N-dealkylation sites (tertiary alicyclic amines) is 1. The molecule has 0 spiro atoms. The lowest BCUT2D eigenvalue weighted by Crippen LogP contribution is -2.57. The number of nitrogens with one attached hydrogen (secondary N) is 4. The van der Waals surface area contributed by atoms with Crippen LogP contribution >= 0.6 is 34.3 Å². The molecule has 66 heavy (non-hydrogen) atoms. The fourth-order valence-corrected chi connectivity index (χ4v) is 9.67. The van der Waals surface area contributed by atoms with Crippen molar-refractivity contribution in [1.29, 1.82) is 0 Å². The smallest absolute Gasteiger partial charge is 0.267 e. The molecule has 0 aliphatic carbocycles. The number of anilines is 4. The first-order valence-corrected chi connectivity index (χ1v) is 23.7. The maximum absolute atomic E-state index is 14.1. The van der Waals surface area contributed by atoms with Crippen molar-refractivity contribution in [3.05, 3.63) is 92.8 Å². The van der Waals surface area contributed by atoms with Gasteiger partial charge in [-0.2, -0.15) is 0 Å². The molecule has 5 amide bonds. The number of amides is 5. The number of β-amino-alcohol motifs (C(OH)–C–C–N with tert-alkyl or cyclic N) is 1. The van der Waals surface area contributed by atoms with E-state index in [1.54, 1.807) is 40.8 Å². The van der Waals surface area contributed by atoms with E-state index >= 15 is 0 Å². The van der Waals surface area contributed by atoms with Gasteiger partial charge in [-0.05, 0) is 48.9 Å². The number of rotatable bonds is 14. The van der Waals surface area contributed by atoms with Crippen LogP contribution in [0.2, 0.25) is 5.02 Å². The molecule has 5 N–H and O–H groups in total. The van der Waals surface area contributed by atoms with Gasteiger partial charge in [-0.25, -0.2) is 19.9 Å². The van der Waals surface area contributed by atoms with E-state index in [1.165, 1.54) is 22.4 Å². The number of aromatic nitrogens is 4. The second-order valence-corrected chi connectivity index (χ2v) is 19.8. The van der Waals surface area contributed by atoms with Crippen molar-refractivity contribution in [2.75, 3.05) is 48.3 Å². The Morgan fingerprint density at radius 3 is 2.38 bits per heavy atom. The van der Waals surface area contributed by atoms with E-state index in [0.717, 1.165) is 27.3 Å². The van der Waals surface area contributed by atoms with Gasteiger partial charge in [0.05, 0.1) is 39.1 Å². The number of aliphatic hydroxyl groups is 1. The van der Waals surface area contributed by atoms with Crippen LogP contribution in [0, 0.1) is 26.2 Å². The molecule has 7 rings (SSSR count). The van der Waals surface area contributed by atoms with Gasteiger partial charge in [-0.3, -0.25) is 24.0 Å². The van der Waals surface area contributed by atoms with Gasteiger partial charge in [-0.15, -0.1) is 11.3 Å². The van der Waals surface area contributed by atoms with Crippen LogP contribution in [0.25, 0.3) is 10.4 Å². The molecule has 17 nitrogen and oxygen atoms in total. The lowest BCUT2D eigenvalue weighted by atomic mass is 9.85. The highest BCUT2D eigenvalue weighted by Crippen LogP contribution is 2.31. The number of hydrogen-bond donors (Lipinski definition) is 5. The minimum absolute atomic E-state index is 0.0440. The number of aryl methyl sites for hydroxylation is 3. The predicted octanol–water partition coefficient (Wildman–Crippen LogP) is 5.87. The Bertz CT molecular complexity index is 2570. The molecule has 2 saturated heterocycles. The minimum atomic E-state index is -1.01. The van der Waals surface area contributed by atoms with Crippen molar-refractivity contribution in [3.8, 4) is 10.4 Å². The lowest BCUT2D eigenvalue weighted by Gasteiger charge is -2.36. The molecule has 2 aliphatic heterocycles. The Morgan fingerprint density at radius 2 is 1.70 bits per heavy atom. The van der Waals surface area contributed by atoms with Gasteiger partial charge in [0.1, 0.15) is 34.4 Å². The number of carbonyl (C=O) groups is 5. The van der Waals surface area contributed by atoms with Gasteiger partial charge in [0.15, 0.2) is 5.13 Å². The second-order valence-electron chi connectivity index (χ2n) is 17.5. The van der Waals surface area contributed by atoms with Crippen LogP contribution in [-0.4, -0.2) is 115 Å². The number of aliphatic hydroxyl groups excluding tert-OH is 1. The SMILES string of the molecule is Cc1nc(Nc2ncc(C(=O)Nc3c(C)cccc3Cl)s2)cc(N2CCN(C(=O)CCC(=O)NC(C(=O)N3CC(O)CC3C(=O)NCc3ccc(-c4scnc4C)cc3)C(C)(C)C)CC2)n1. The van der Waals surface area contributed by atoms with E-state index in [4.69, 9.17) is 11.6 Å². The summed E-state index contributed by atoms with van der Waals surface area (Å²) in [6.07, 6.45) is 0.470. The van der Waals surface area contributed by atoms with Crippen molar-refractivity contribution in [3.63, 3.8) is 0 Å². The van der Waals surface area contributed by atoms with E-state index in [-0.39, 0.29) is 44.2 Å². The third-order valence-corrected chi connectivity index (χ3v) is 13.7. The molecular formula is C46H54ClN11O6S2. The van der Waals surface area contributed by atoms with E-state index in [2.05, 4.69) is 41.2 Å². The molecule has 2 aromatic carbocycles. The lowest BCUT2D eigenvalue weighted by molar-refractivity contribution is -0.144. The maximum atomic E-state index is 14.1. The summed E-state index contributed by atoms with van der Waals surface area (Å²) in [6.45, 7) is 13.0. The van der Waals surface area contributed by atoms with Gasteiger partial charge < -0.3 is 41.1 Å². The minimum Gasteiger partial charge on any atom is -0.391 e. The van der Waals surface area contributed by atoms with Gasteiger partial charge in [-0.1, -0.05) is 80.1 Å². The average molecular weight is 957 g/mol. The molecule has 0 saturated carbocycles. The van der Waals surface area contributed by atoms with E-state index in [1.807, 2.05) is 75.9 Å². The van der Waals surface area contributed by atoms with Crippen LogP contribution in [0.4, 0.5) is 22.5 Å². The van der Waals surface area contributed by atoms with Crippen LogP contribution < -0.4 is 26.2 Å². The zero-order valence-corrected chi connectivity index (χ0v) is 40.1. The van der Waals surface area contributed by atoms with Crippen molar-refractivity contribution in [2.45, 2.75) is 85.5 Å². The van der Waals surface area contributed by atoms with E-state index in [0.29, 0.717) is 64.4 Å². The predicted molar refractivity (Wildman–Crippen MR) is 256 cm³/mol. The summed E-state index contributed by atoms with van der Waals surface area (Å²) >= 11 is 9.03. The van der Waals surface area contributed by atoms with Crippen LogP contribution in [0.1, 0.15) is 72.4 Å². The summed E-state index contributed by atoms with van der Waals surface area (Å²) in [5, 5.41) is 23.3. The normalized spacial score (nSPS) is 16.8. The van der Waals surface area contributed by atoms with Crippen molar-refractivity contribution in [1.82, 2.24) is 40.4 Å². The molecule has 2 aliphatic rings. The highest BCUT2D eigenvalue weighted by Gasteiger charge is 2.44. The summed E-state index contributed by atoms with van der Waals surface area (Å²) in [5.41, 5.74) is 5.32. The molecule has 5 heterocycles. The number of para-hydroxylation sites is 1. The Kier molecular flexibility index (Phi) is 15.0. The van der Waals surface area contributed by atoms with E-state index in [9.17, 15) is 29.1 Å². The zero-order chi connectivity index (χ0) is 47.3. The molecule has 5 aromatic rings. The maximum Gasteiger partial charge on any atom is 0.267 e. The zero-order valence-electron chi connectivity index (χ0n) is 37.7. The Balaban J connectivity index is 0.881. The quantitative estimate of drug-likeness (QED) is 0.0885. The number of benzene rings is 2. The highest BCUT2D eigenvalue weighted by atomic mass is 35.5. The summed E-state index contributed by atoms with van der Waals surface area (Å²) in [5.74, 6) is -0.165. The largest absolute Gasteiger partial charge is 0.391 e. The second kappa shape index (κ2) is 20.7. The summed E-state index contributed by atoms with van der Waals surface area (Å²) in [6, 6.07) is 13.1. The number of piperazine rings is 1. The molecule has 20 heteroatoms. The molecule has 0 bridgehead atoms. The molecule has 3 aromatic heterocycles. The topological polar surface area (TPSA) is 215 Å². The standard InChI is InChI=1S/C46H54ClN11O6S2/c1-26-8-7-9-32(47)39(26)55-43(63)34-23-49-45(66-34)53-35-21-36(52-28(3)51-35)56-16-18-57(19-17-56)38(61)15-14-37(60)54-41(46(4,5)6)44(64)58-24-31(59)20-33(58)42(62)48-22-29-10-12-30(13-11-29)40-27(2)50-25-65-40/h7-13,21,23,25,31,33,41,59H,14-20,22,24H2,1-6H3,(H,48,62)(H,54,60)(H,55,63)(H,49,51,52,53). The van der Waals surface area contributed by atoms with Gasteiger partial charge in [0, 0.05) is 64.6 Å². The average Bonchev–Trinajstić information content (AvgIpc) is 4.04. The number of thiazole rings is 2. The number of halogens is 1. The fraction of sp³-hybridized carbons (Fsp3) is 0.413. The fourth-order valence-electron chi connectivity index (χ4n) is 7.87. The highest BCUT2D eigenvalue weighted by molar-refractivity contribution is 7.17. The number of nitrogens with zero attached hydrogens (tertiary/aromatic N) is 7. The van der Waals surface area contributed by atoms with Crippen molar-refractivity contribution < 1.29 is 29.1 Å². The third-order valence-electron chi connectivity index (χ3n) is 11.5. The monoisotopic (exact) mass is 955 g/mol. The first kappa shape index (κ1) is 47.9.